The molecule has 1 unspecified atom stereocenters. The standard InChI is InChI=1S/C16H17NO3/c1-11(12-3-6-14(18-2)7-4-12)17-13-5-8-15-16(9-13)20-10-19-15/h3-9,11,17H,10H2,1-2H3. The number of rotatable bonds is 4. The number of fused-ring (bicyclic) bond motifs is 1. The number of anilines is 1. The zero-order valence-electron chi connectivity index (χ0n) is 11.6. The van der Waals surface area contributed by atoms with Crippen molar-refractivity contribution in [2.45, 2.75) is 13.0 Å². The number of hydrogen-bond acceptors (Lipinski definition) is 4. The van der Waals surface area contributed by atoms with Crippen molar-refractivity contribution < 1.29 is 14.2 Å². The summed E-state index contributed by atoms with van der Waals surface area (Å²) < 4.78 is 15.8. The highest BCUT2D eigenvalue weighted by Gasteiger charge is 2.14. The average Bonchev–Trinajstić information content (AvgIpc) is 2.95. The normalized spacial score (nSPS) is 13.9. The molecule has 0 fully saturated rings. The predicted molar refractivity (Wildman–Crippen MR) is 77.6 cm³/mol. The van der Waals surface area contributed by atoms with Gasteiger partial charge < -0.3 is 19.5 Å². The molecule has 4 nitrogen and oxygen atoms in total. The van der Waals surface area contributed by atoms with Crippen molar-refractivity contribution in [1.29, 1.82) is 0 Å². The largest absolute Gasteiger partial charge is 0.497 e. The van der Waals surface area contributed by atoms with Crippen LogP contribution < -0.4 is 19.5 Å². The quantitative estimate of drug-likeness (QED) is 0.922. The minimum atomic E-state index is 0.196. The van der Waals surface area contributed by atoms with Gasteiger partial charge in [0, 0.05) is 17.8 Å². The van der Waals surface area contributed by atoms with Crippen molar-refractivity contribution in [2.75, 3.05) is 19.2 Å². The molecule has 3 rings (SSSR count). The fourth-order valence-electron chi connectivity index (χ4n) is 2.21. The summed E-state index contributed by atoms with van der Waals surface area (Å²) in [5, 5.41) is 3.45. The molecular formula is C16H17NO3. The van der Waals surface area contributed by atoms with Gasteiger partial charge in [-0.2, -0.15) is 0 Å². The Morgan fingerprint density at radius 1 is 1.05 bits per heavy atom. The lowest BCUT2D eigenvalue weighted by Crippen LogP contribution is -2.06. The molecule has 20 heavy (non-hydrogen) atoms. The van der Waals surface area contributed by atoms with E-state index >= 15 is 0 Å². The van der Waals surface area contributed by atoms with Crippen LogP contribution in [0.4, 0.5) is 5.69 Å². The van der Waals surface area contributed by atoms with Crippen LogP contribution in [-0.4, -0.2) is 13.9 Å². The Balaban J connectivity index is 1.73. The summed E-state index contributed by atoms with van der Waals surface area (Å²) in [7, 11) is 1.67. The molecule has 0 radical (unpaired) electrons. The van der Waals surface area contributed by atoms with Crippen LogP contribution in [0, 0.1) is 0 Å². The molecule has 0 bridgehead atoms. The molecule has 1 heterocycles. The number of ether oxygens (including phenoxy) is 3. The molecule has 0 aliphatic carbocycles. The maximum Gasteiger partial charge on any atom is 0.231 e. The minimum Gasteiger partial charge on any atom is -0.497 e. The molecule has 1 N–H and O–H groups in total. The smallest absolute Gasteiger partial charge is 0.231 e. The van der Waals surface area contributed by atoms with Gasteiger partial charge in [-0.15, -0.1) is 0 Å². The molecule has 0 spiro atoms. The maximum absolute atomic E-state index is 5.38. The van der Waals surface area contributed by atoms with Gasteiger partial charge in [0.15, 0.2) is 11.5 Å². The number of nitrogens with one attached hydrogen (secondary N) is 1. The summed E-state index contributed by atoms with van der Waals surface area (Å²) in [6, 6.07) is 14.1. The Bertz CT molecular complexity index is 595. The Kier molecular flexibility index (Phi) is 3.37. The Morgan fingerprint density at radius 3 is 2.55 bits per heavy atom. The van der Waals surface area contributed by atoms with Gasteiger partial charge in [-0.25, -0.2) is 0 Å². The topological polar surface area (TPSA) is 39.7 Å². The van der Waals surface area contributed by atoms with E-state index in [2.05, 4.69) is 24.4 Å². The Hall–Kier alpha value is -2.36. The van der Waals surface area contributed by atoms with Gasteiger partial charge in [-0.3, -0.25) is 0 Å². The lowest BCUT2D eigenvalue weighted by atomic mass is 10.1. The van der Waals surface area contributed by atoms with Crippen LogP contribution in [0.2, 0.25) is 0 Å². The van der Waals surface area contributed by atoms with Crippen molar-refractivity contribution in [3.05, 3.63) is 48.0 Å². The summed E-state index contributed by atoms with van der Waals surface area (Å²) in [6.07, 6.45) is 0. The lowest BCUT2D eigenvalue weighted by molar-refractivity contribution is 0.174. The first-order valence-electron chi connectivity index (χ1n) is 6.56. The lowest BCUT2D eigenvalue weighted by Gasteiger charge is -2.16. The monoisotopic (exact) mass is 271 g/mol. The minimum absolute atomic E-state index is 0.196. The third-order valence-corrected chi connectivity index (χ3v) is 3.37. The molecule has 0 aromatic heterocycles. The van der Waals surface area contributed by atoms with E-state index in [0.717, 1.165) is 22.9 Å². The SMILES string of the molecule is COc1ccc(C(C)Nc2ccc3c(c2)OCO3)cc1. The van der Waals surface area contributed by atoms with E-state index < -0.39 is 0 Å². The zero-order chi connectivity index (χ0) is 13.9. The van der Waals surface area contributed by atoms with Crippen LogP contribution in [0.5, 0.6) is 17.2 Å². The van der Waals surface area contributed by atoms with E-state index in [1.807, 2.05) is 30.3 Å². The molecule has 2 aromatic carbocycles. The first-order valence-corrected chi connectivity index (χ1v) is 6.56. The van der Waals surface area contributed by atoms with Gasteiger partial charge in [0.1, 0.15) is 5.75 Å². The second-order valence-corrected chi connectivity index (χ2v) is 4.71. The van der Waals surface area contributed by atoms with Gasteiger partial charge in [0.25, 0.3) is 0 Å². The van der Waals surface area contributed by atoms with Crippen LogP contribution in [0.3, 0.4) is 0 Å². The zero-order valence-corrected chi connectivity index (χ0v) is 11.6. The summed E-state index contributed by atoms with van der Waals surface area (Å²) >= 11 is 0. The van der Waals surface area contributed by atoms with Crippen molar-refractivity contribution in [3.8, 4) is 17.2 Å². The van der Waals surface area contributed by atoms with Gasteiger partial charge in [0.2, 0.25) is 6.79 Å². The van der Waals surface area contributed by atoms with E-state index in [0.29, 0.717) is 6.79 Å². The second-order valence-electron chi connectivity index (χ2n) is 4.71. The summed E-state index contributed by atoms with van der Waals surface area (Å²) in [5.41, 5.74) is 2.21. The van der Waals surface area contributed by atoms with Crippen LogP contribution >= 0.6 is 0 Å². The van der Waals surface area contributed by atoms with E-state index in [-0.39, 0.29) is 6.04 Å². The van der Waals surface area contributed by atoms with Crippen molar-refractivity contribution >= 4 is 5.69 Å². The van der Waals surface area contributed by atoms with Crippen LogP contribution in [-0.2, 0) is 0 Å². The number of hydrogen-bond donors (Lipinski definition) is 1. The third kappa shape index (κ3) is 2.50. The number of benzene rings is 2. The third-order valence-electron chi connectivity index (χ3n) is 3.37. The second kappa shape index (κ2) is 5.33. The van der Waals surface area contributed by atoms with E-state index in [1.54, 1.807) is 7.11 Å². The van der Waals surface area contributed by atoms with E-state index in [1.165, 1.54) is 5.56 Å². The van der Waals surface area contributed by atoms with Gasteiger partial charge in [-0.05, 0) is 36.8 Å². The van der Waals surface area contributed by atoms with E-state index in [9.17, 15) is 0 Å². The van der Waals surface area contributed by atoms with E-state index in [4.69, 9.17) is 14.2 Å². The van der Waals surface area contributed by atoms with Crippen LogP contribution in [0.15, 0.2) is 42.5 Å². The molecular weight excluding hydrogens is 254 g/mol. The summed E-state index contributed by atoms with van der Waals surface area (Å²) in [6.45, 7) is 2.42. The fourth-order valence-corrected chi connectivity index (χ4v) is 2.21. The molecule has 1 aliphatic heterocycles. The van der Waals surface area contributed by atoms with Crippen molar-refractivity contribution in [1.82, 2.24) is 0 Å². The highest BCUT2D eigenvalue weighted by Crippen LogP contribution is 2.35. The van der Waals surface area contributed by atoms with Crippen molar-refractivity contribution in [2.24, 2.45) is 0 Å². The Labute approximate surface area is 118 Å². The first-order chi connectivity index (χ1) is 9.76. The van der Waals surface area contributed by atoms with Gasteiger partial charge in [0.05, 0.1) is 7.11 Å². The van der Waals surface area contributed by atoms with Crippen LogP contribution in [0.25, 0.3) is 0 Å². The highest BCUT2D eigenvalue weighted by atomic mass is 16.7. The van der Waals surface area contributed by atoms with Gasteiger partial charge >= 0.3 is 0 Å². The predicted octanol–water partition coefficient (Wildman–Crippen LogP) is 3.60. The molecule has 2 aromatic rings. The molecule has 4 heteroatoms. The molecule has 0 amide bonds. The molecule has 1 aliphatic rings. The average molecular weight is 271 g/mol. The van der Waals surface area contributed by atoms with Gasteiger partial charge in [-0.1, -0.05) is 12.1 Å². The first kappa shape index (κ1) is 12.7. The maximum atomic E-state index is 5.38. The van der Waals surface area contributed by atoms with Crippen LogP contribution in [0.1, 0.15) is 18.5 Å². The van der Waals surface area contributed by atoms with Crippen molar-refractivity contribution in [3.63, 3.8) is 0 Å². The Morgan fingerprint density at radius 2 is 1.80 bits per heavy atom. The number of methoxy groups -OCH3 is 1. The summed E-state index contributed by atoms with van der Waals surface area (Å²) in [5.74, 6) is 2.45. The fraction of sp³-hybridized carbons (Fsp3) is 0.250. The summed E-state index contributed by atoms with van der Waals surface area (Å²) in [4.78, 5) is 0. The molecule has 0 saturated carbocycles. The molecule has 0 saturated heterocycles. The molecule has 104 valence electrons. The molecule has 1 atom stereocenters. The highest BCUT2D eigenvalue weighted by molar-refractivity contribution is 5.56.